The van der Waals surface area contributed by atoms with Crippen molar-refractivity contribution in [2.45, 2.75) is 9.92 Å². The van der Waals surface area contributed by atoms with Gasteiger partial charge in [0.25, 0.3) is 0 Å². The van der Waals surface area contributed by atoms with E-state index in [0.29, 0.717) is 5.56 Å². The summed E-state index contributed by atoms with van der Waals surface area (Å²) in [4.78, 5) is 9.54. The van der Waals surface area contributed by atoms with Crippen molar-refractivity contribution in [3.8, 4) is 6.07 Å². The first-order chi connectivity index (χ1) is 9.79. The average molecular weight is 342 g/mol. The van der Waals surface area contributed by atoms with Gasteiger partial charge in [0, 0.05) is 22.7 Å². The minimum Gasteiger partial charge on any atom is -0.255 e. The molecular weight excluding hydrogens is 334 g/mol. The van der Waals surface area contributed by atoms with Crippen molar-refractivity contribution < 1.29 is 0 Å². The van der Waals surface area contributed by atoms with E-state index >= 15 is 0 Å². The monoisotopic (exact) mass is 341 g/mol. The summed E-state index contributed by atoms with van der Waals surface area (Å²) in [5, 5.41) is 11.1. The number of nitriles is 1. The van der Waals surface area contributed by atoms with E-state index in [9.17, 15) is 5.26 Å². The van der Waals surface area contributed by atoms with Crippen LogP contribution in [0.15, 0.2) is 63.2 Å². The molecule has 0 spiro atoms. The topological polar surface area (TPSA) is 49.6 Å². The maximum atomic E-state index is 9.29. The number of nitrogens with zero attached hydrogens (tertiary/aromatic N) is 3. The minimum absolute atomic E-state index is 0.561. The van der Waals surface area contributed by atoms with Gasteiger partial charge in [-0.1, -0.05) is 30.0 Å². The van der Waals surface area contributed by atoms with Gasteiger partial charge >= 0.3 is 0 Å². The molecule has 3 aromatic rings. The Bertz CT molecular complexity index is 827. The highest BCUT2D eigenvalue weighted by molar-refractivity contribution is 9.10. The molecule has 96 valence electrons. The highest BCUT2D eigenvalue weighted by Crippen LogP contribution is 2.37. The summed E-state index contributed by atoms with van der Waals surface area (Å²) in [7, 11) is 0. The van der Waals surface area contributed by atoms with Gasteiger partial charge in [0.05, 0.1) is 15.6 Å². The Labute approximate surface area is 128 Å². The van der Waals surface area contributed by atoms with E-state index in [0.717, 1.165) is 25.3 Å². The van der Waals surface area contributed by atoms with Crippen molar-refractivity contribution in [2.75, 3.05) is 0 Å². The SMILES string of the molecule is N#Cc1cnc2ccccc2c1Sc1ncccc1Br. The predicted molar refractivity (Wildman–Crippen MR) is 82.5 cm³/mol. The van der Waals surface area contributed by atoms with E-state index in [4.69, 9.17) is 0 Å². The van der Waals surface area contributed by atoms with Crippen LogP contribution in [0.5, 0.6) is 0 Å². The molecule has 0 atom stereocenters. The Morgan fingerprint density at radius 2 is 1.95 bits per heavy atom. The fraction of sp³-hybridized carbons (Fsp3) is 0. The maximum absolute atomic E-state index is 9.29. The maximum Gasteiger partial charge on any atom is 0.115 e. The zero-order valence-electron chi connectivity index (χ0n) is 10.2. The third kappa shape index (κ3) is 2.40. The second kappa shape index (κ2) is 5.61. The summed E-state index contributed by atoms with van der Waals surface area (Å²) in [5.74, 6) is 0. The number of fused-ring (bicyclic) bond motifs is 1. The van der Waals surface area contributed by atoms with Gasteiger partial charge in [-0.3, -0.25) is 4.98 Å². The van der Waals surface area contributed by atoms with E-state index in [1.165, 1.54) is 11.8 Å². The molecular formula is C15H8BrN3S. The van der Waals surface area contributed by atoms with Crippen LogP contribution in [0.3, 0.4) is 0 Å². The van der Waals surface area contributed by atoms with E-state index in [2.05, 4.69) is 32.0 Å². The van der Waals surface area contributed by atoms with Crippen LogP contribution in [-0.4, -0.2) is 9.97 Å². The standard InChI is InChI=1S/C15H8BrN3S/c16-12-5-3-7-18-15(12)20-14-10(8-17)9-19-13-6-2-1-4-11(13)14/h1-7,9H. The lowest BCUT2D eigenvalue weighted by atomic mass is 10.2. The Morgan fingerprint density at radius 1 is 1.10 bits per heavy atom. The molecule has 1 aromatic carbocycles. The van der Waals surface area contributed by atoms with E-state index in [-0.39, 0.29) is 0 Å². The van der Waals surface area contributed by atoms with Crippen LogP contribution < -0.4 is 0 Å². The molecule has 3 rings (SSSR count). The summed E-state index contributed by atoms with van der Waals surface area (Å²) >= 11 is 4.96. The van der Waals surface area contributed by atoms with Crippen LogP contribution in [0, 0.1) is 11.3 Å². The molecule has 2 heterocycles. The summed E-state index contributed by atoms with van der Waals surface area (Å²) in [5.41, 5.74) is 1.44. The second-order valence-electron chi connectivity index (χ2n) is 4.02. The molecule has 3 nitrogen and oxygen atoms in total. The highest BCUT2D eigenvalue weighted by atomic mass is 79.9. The lowest BCUT2D eigenvalue weighted by Crippen LogP contribution is -1.89. The largest absolute Gasteiger partial charge is 0.255 e. The van der Waals surface area contributed by atoms with Crippen LogP contribution in [0.25, 0.3) is 10.9 Å². The van der Waals surface area contributed by atoms with Gasteiger partial charge in [-0.2, -0.15) is 5.26 Å². The quantitative estimate of drug-likeness (QED) is 0.692. The minimum atomic E-state index is 0.561. The van der Waals surface area contributed by atoms with Gasteiger partial charge in [0.2, 0.25) is 0 Å². The van der Waals surface area contributed by atoms with Crippen LogP contribution in [-0.2, 0) is 0 Å². The van der Waals surface area contributed by atoms with Crippen molar-refractivity contribution in [2.24, 2.45) is 0 Å². The summed E-state index contributed by atoms with van der Waals surface area (Å²) in [6.07, 6.45) is 3.35. The second-order valence-corrected chi connectivity index (χ2v) is 5.88. The Hall–Kier alpha value is -1.90. The molecule has 0 amide bonds. The predicted octanol–water partition coefficient (Wildman–Crippen LogP) is 4.42. The Balaban J connectivity index is 2.20. The molecule has 0 aliphatic rings. The number of hydrogen-bond acceptors (Lipinski definition) is 4. The molecule has 0 saturated carbocycles. The number of rotatable bonds is 2. The fourth-order valence-electron chi connectivity index (χ4n) is 1.85. The van der Waals surface area contributed by atoms with Crippen molar-refractivity contribution in [1.82, 2.24) is 9.97 Å². The van der Waals surface area contributed by atoms with Crippen molar-refractivity contribution in [1.29, 1.82) is 5.26 Å². The summed E-state index contributed by atoms with van der Waals surface area (Å²) in [6.45, 7) is 0. The molecule has 2 aromatic heterocycles. The number of benzene rings is 1. The summed E-state index contributed by atoms with van der Waals surface area (Å²) < 4.78 is 0.912. The first-order valence-electron chi connectivity index (χ1n) is 5.86. The average Bonchev–Trinajstić information content (AvgIpc) is 2.50. The third-order valence-electron chi connectivity index (χ3n) is 2.77. The number of pyridine rings is 2. The molecule has 0 saturated heterocycles. The summed E-state index contributed by atoms with van der Waals surface area (Å²) in [6, 6.07) is 13.8. The van der Waals surface area contributed by atoms with Gasteiger partial charge in [0.15, 0.2) is 0 Å². The molecule has 20 heavy (non-hydrogen) atoms. The molecule has 0 bridgehead atoms. The zero-order valence-corrected chi connectivity index (χ0v) is 12.6. The first-order valence-corrected chi connectivity index (χ1v) is 7.47. The molecule has 0 unspecified atom stereocenters. The van der Waals surface area contributed by atoms with Gasteiger partial charge in [-0.15, -0.1) is 0 Å². The van der Waals surface area contributed by atoms with Gasteiger partial charge in [0.1, 0.15) is 11.1 Å². The van der Waals surface area contributed by atoms with Crippen LogP contribution >= 0.6 is 27.7 Å². The highest BCUT2D eigenvalue weighted by Gasteiger charge is 2.12. The van der Waals surface area contributed by atoms with Crippen molar-refractivity contribution >= 4 is 38.6 Å². The first kappa shape index (κ1) is 13.1. The number of halogens is 1. The number of aromatic nitrogens is 2. The van der Waals surface area contributed by atoms with Gasteiger partial charge in [-0.05, 0) is 34.1 Å². The van der Waals surface area contributed by atoms with E-state index < -0.39 is 0 Å². The van der Waals surface area contributed by atoms with Crippen LogP contribution in [0.4, 0.5) is 0 Å². The van der Waals surface area contributed by atoms with E-state index in [1.54, 1.807) is 12.4 Å². The lowest BCUT2D eigenvalue weighted by Gasteiger charge is -2.08. The van der Waals surface area contributed by atoms with Crippen LogP contribution in [0.1, 0.15) is 5.56 Å². The molecule has 0 aliphatic heterocycles. The molecule has 0 N–H and O–H groups in total. The van der Waals surface area contributed by atoms with Crippen LogP contribution in [0.2, 0.25) is 0 Å². The lowest BCUT2D eigenvalue weighted by molar-refractivity contribution is 1.11. The smallest absolute Gasteiger partial charge is 0.115 e. The van der Waals surface area contributed by atoms with E-state index in [1.807, 2.05) is 36.4 Å². The molecule has 0 fully saturated rings. The van der Waals surface area contributed by atoms with Crippen molar-refractivity contribution in [3.05, 3.63) is 58.8 Å². The van der Waals surface area contributed by atoms with Gasteiger partial charge < -0.3 is 0 Å². The third-order valence-corrected chi connectivity index (χ3v) is 4.83. The molecule has 0 radical (unpaired) electrons. The number of para-hydroxylation sites is 1. The van der Waals surface area contributed by atoms with Crippen molar-refractivity contribution in [3.63, 3.8) is 0 Å². The molecule has 5 heteroatoms. The Kier molecular flexibility index (Phi) is 3.68. The molecule has 0 aliphatic carbocycles. The zero-order chi connectivity index (χ0) is 13.9. The van der Waals surface area contributed by atoms with Gasteiger partial charge in [-0.25, -0.2) is 4.98 Å². The Morgan fingerprint density at radius 3 is 2.75 bits per heavy atom. The number of hydrogen-bond donors (Lipinski definition) is 0. The normalized spacial score (nSPS) is 10.4. The fourth-order valence-corrected chi connectivity index (χ4v) is 3.31.